The van der Waals surface area contributed by atoms with Gasteiger partial charge in [0.15, 0.2) is 0 Å². The van der Waals surface area contributed by atoms with Gasteiger partial charge in [0.2, 0.25) is 0 Å². The predicted molar refractivity (Wildman–Crippen MR) is 92.3 cm³/mol. The average Bonchev–Trinajstić information content (AvgIpc) is 3.33. The molecule has 0 aromatic carbocycles. The number of hydrogen-bond acceptors (Lipinski definition) is 6. The first-order valence-electron chi connectivity index (χ1n) is 8.79. The first-order valence-corrected chi connectivity index (χ1v) is 8.79. The Labute approximate surface area is 141 Å². The Bertz CT molecular complexity index is 653. The summed E-state index contributed by atoms with van der Waals surface area (Å²) in [6.07, 6.45) is 7.82. The summed E-state index contributed by atoms with van der Waals surface area (Å²) in [5, 5.41) is 16.7. The molecule has 1 unspecified atom stereocenters. The van der Waals surface area contributed by atoms with Crippen molar-refractivity contribution in [3.8, 4) is 0 Å². The van der Waals surface area contributed by atoms with Crippen LogP contribution in [0.5, 0.6) is 0 Å². The Hall–Kier alpha value is -2.15. The van der Waals surface area contributed by atoms with E-state index in [9.17, 15) is 5.11 Å². The number of H-pyrrole nitrogens is 1. The molecule has 1 atom stereocenters. The molecule has 2 aromatic heterocycles. The molecule has 2 fully saturated rings. The number of aromatic nitrogens is 4. The van der Waals surface area contributed by atoms with Crippen molar-refractivity contribution in [2.75, 3.05) is 36.0 Å². The molecule has 0 amide bonds. The van der Waals surface area contributed by atoms with Gasteiger partial charge in [-0.1, -0.05) is 0 Å². The molecular formula is C17H24N6O. The summed E-state index contributed by atoms with van der Waals surface area (Å²) in [5.41, 5.74) is 1.24. The molecule has 0 saturated carbocycles. The summed E-state index contributed by atoms with van der Waals surface area (Å²) >= 11 is 0. The van der Waals surface area contributed by atoms with Crippen LogP contribution in [-0.4, -0.2) is 57.6 Å². The molecule has 0 aliphatic carbocycles. The summed E-state index contributed by atoms with van der Waals surface area (Å²) in [7, 11) is 0. The molecule has 4 heterocycles. The third-order valence-corrected chi connectivity index (χ3v) is 5.30. The highest BCUT2D eigenvalue weighted by Crippen LogP contribution is 2.30. The summed E-state index contributed by atoms with van der Waals surface area (Å²) in [4.78, 5) is 13.5. The normalized spacial score (nSPS) is 22.3. The van der Waals surface area contributed by atoms with Crippen LogP contribution in [0.15, 0.2) is 24.7 Å². The minimum atomic E-state index is 0.189. The zero-order chi connectivity index (χ0) is 16.4. The topological polar surface area (TPSA) is 81.2 Å². The van der Waals surface area contributed by atoms with E-state index < -0.39 is 0 Å². The molecule has 4 rings (SSSR count). The Morgan fingerprint density at radius 3 is 2.71 bits per heavy atom. The van der Waals surface area contributed by atoms with E-state index in [1.165, 1.54) is 5.69 Å². The average molecular weight is 328 g/mol. The van der Waals surface area contributed by atoms with Gasteiger partial charge in [0, 0.05) is 43.5 Å². The van der Waals surface area contributed by atoms with Crippen molar-refractivity contribution in [3.63, 3.8) is 0 Å². The van der Waals surface area contributed by atoms with E-state index in [4.69, 9.17) is 0 Å². The van der Waals surface area contributed by atoms with Gasteiger partial charge >= 0.3 is 0 Å². The lowest BCUT2D eigenvalue weighted by Crippen LogP contribution is -2.35. The largest absolute Gasteiger partial charge is 0.394 e. The quantitative estimate of drug-likeness (QED) is 0.886. The molecule has 2 aliphatic heterocycles. The minimum absolute atomic E-state index is 0.189. The van der Waals surface area contributed by atoms with E-state index in [0.29, 0.717) is 5.92 Å². The van der Waals surface area contributed by atoms with E-state index in [1.807, 2.05) is 6.20 Å². The third-order valence-electron chi connectivity index (χ3n) is 5.30. The second-order valence-electron chi connectivity index (χ2n) is 6.68. The maximum Gasteiger partial charge on any atom is 0.134 e. The highest BCUT2D eigenvalue weighted by atomic mass is 16.3. The van der Waals surface area contributed by atoms with E-state index in [0.717, 1.165) is 57.0 Å². The molecule has 128 valence electrons. The number of aliphatic hydroxyl groups excluding tert-OH is 1. The fourth-order valence-corrected chi connectivity index (χ4v) is 3.91. The molecule has 0 radical (unpaired) electrons. The van der Waals surface area contributed by atoms with Gasteiger partial charge in [-0.25, -0.2) is 9.97 Å². The zero-order valence-corrected chi connectivity index (χ0v) is 13.8. The number of anilines is 2. The molecule has 7 nitrogen and oxygen atoms in total. The van der Waals surface area contributed by atoms with Crippen LogP contribution in [0.2, 0.25) is 0 Å². The Morgan fingerprint density at radius 1 is 1.12 bits per heavy atom. The fraction of sp³-hybridized carbons (Fsp3) is 0.588. The molecule has 0 spiro atoms. The Balaban J connectivity index is 1.45. The summed E-state index contributed by atoms with van der Waals surface area (Å²) < 4.78 is 0. The molecule has 0 bridgehead atoms. The van der Waals surface area contributed by atoms with Crippen molar-refractivity contribution in [2.24, 2.45) is 0 Å². The maximum atomic E-state index is 9.53. The molecule has 2 N–H and O–H groups in total. The number of nitrogens with one attached hydrogen (secondary N) is 1. The number of hydrogen-bond donors (Lipinski definition) is 2. The van der Waals surface area contributed by atoms with Crippen LogP contribution in [0.3, 0.4) is 0 Å². The van der Waals surface area contributed by atoms with Gasteiger partial charge in [0.05, 0.1) is 12.6 Å². The van der Waals surface area contributed by atoms with Crippen molar-refractivity contribution in [3.05, 3.63) is 30.4 Å². The predicted octanol–water partition coefficient (Wildman–Crippen LogP) is 1.54. The number of aliphatic hydroxyl groups is 1. The maximum absolute atomic E-state index is 9.53. The first-order chi connectivity index (χ1) is 11.8. The van der Waals surface area contributed by atoms with Gasteiger partial charge in [-0.15, -0.1) is 0 Å². The Kier molecular flexibility index (Phi) is 4.34. The van der Waals surface area contributed by atoms with Crippen LogP contribution in [0.25, 0.3) is 0 Å². The van der Waals surface area contributed by atoms with Gasteiger partial charge < -0.3 is 14.9 Å². The zero-order valence-electron chi connectivity index (χ0n) is 13.8. The lowest BCUT2D eigenvalue weighted by molar-refractivity contribution is 0.266. The summed E-state index contributed by atoms with van der Waals surface area (Å²) in [6.45, 7) is 3.13. The van der Waals surface area contributed by atoms with Gasteiger partial charge in [-0.2, -0.15) is 5.10 Å². The number of rotatable bonds is 4. The van der Waals surface area contributed by atoms with Crippen molar-refractivity contribution in [1.29, 1.82) is 0 Å². The minimum Gasteiger partial charge on any atom is -0.394 e. The second kappa shape index (κ2) is 6.76. The standard InChI is InChI=1S/C17H24N6O/c24-11-14-2-1-7-23(14)17-10-16(18-12-19-17)22-8-4-13(5-9-22)15-3-6-20-21-15/h3,6,10,12-14,24H,1-2,4-5,7-9,11H2,(H,20,21). The van der Waals surface area contributed by atoms with E-state index in [1.54, 1.807) is 6.33 Å². The Morgan fingerprint density at radius 2 is 1.96 bits per heavy atom. The SMILES string of the molecule is OCC1CCCN1c1cc(N2CCC(c3ccn[nH]3)CC2)ncn1. The number of nitrogens with zero attached hydrogens (tertiary/aromatic N) is 5. The second-order valence-corrected chi connectivity index (χ2v) is 6.68. The molecule has 2 aliphatic rings. The molecular weight excluding hydrogens is 304 g/mol. The van der Waals surface area contributed by atoms with Crippen LogP contribution in [0, 0.1) is 0 Å². The van der Waals surface area contributed by atoms with Gasteiger partial charge in [0.1, 0.15) is 18.0 Å². The van der Waals surface area contributed by atoms with Crippen molar-refractivity contribution in [2.45, 2.75) is 37.6 Å². The van der Waals surface area contributed by atoms with E-state index in [-0.39, 0.29) is 12.6 Å². The van der Waals surface area contributed by atoms with E-state index >= 15 is 0 Å². The molecule has 2 saturated heterocycles. The number of piperidine rings is 1. The number of aromatic amines is 1. The third kappa shape index (κ3) is 2.96. The molecule has 24 heavy (non-hydrogen) atoms. The van der Waals surface area contributed by atoms with Crippen LogP contribution >= 0.6 is 0 Å². The van der Waals surface area contributed by atoms with Crippen LogP contribution in [0.1, 0.15) is 37.3 Å². The molecule has 2 aromatic rings. The summed E-state index contributed by atoms with van der Waals surface area (Å²) in [5.74, 6) is 2.49. The van der Waals surface area contributed by atoms with Gasteiger partial charge in [-0.05, 0) is 31.7 Å². The van der Waals surface area contributed by atoms with Crippen molar-refractivity contribution in [1.82, 2.24) is 20.2 Å². The lowest BCUT2D eigenvalue weighted by Gasteiger charge is -2.33. The van der Waals surface area contributed by atoms with Crippen LogP contribution in [0.4, 0.5) is 11.6 Å². The van der Waals surface area contributed by atoms with Crippen molar-refractivity contribution < 1.29 is 5.11 Å². The van der Waals surface area contributed by atoms with Crippen LogP contribution in [-0.2, 0) is 0 Å². The highest BCUT2D eigenvalue weighted by molar-refractivity contribution is 5.51. The lowest BCUT2D eigenvalue weighted by atomic mass is 9.94. The van der Waals surface area contributed by atoms with Crippen LogP contribution < -0.4 is 9.80 Å². The van der Waals surface area contributed by atoms with E-state index in [2.05, 4.69) is 42.1 Å². The van der Waals surface area contributed by atoms with Gasteiger partial charge in [-0.3, -0.25) is 5.10 Å². The van der Waals surface area contributed by atoms with Crippen molar-refractivity contribution >= 4 is 11.6 Å². The first kappa shape index (κ1) is 15.4. The van der Waals surface area contributed by atoms with Gasteiger partial charge in [0.25, 0.3) is 0 Å². The highest BCUT2D eigenvalue weighted by Gasteiger charge is 2.27. The fourth-order valence-electron chi connectivity index (χ4n) is 3.91. The monoisotopic (exact) mass is 328 g/mol. The smallest absolute Gasteiger partial charge is 0.134 e. The molecule has 7 heteroatoms. The summed E-state index contributed by atoms with van der Waals surface area (Å²) in [6, 6.07) is 4.34.